The van der Waals surface area contributed by atoms with E-state index in [9.17, 15) is 4.79 Å². The average Bonchev–Trinajstić information content (AvgIpc) is 2.87. The molecule has 0 fully saturated rings. The number of carboxylic acid groups (broad SMARTS) is 1. The Morgan fingerprint density at radius 2 is 2.12 bits per heavy atom. The van der Waals surface area contributed by atoms with E-state index in [1.807, 2.05) is 24.1 Å². The number of fused-ring (bicyclic) bond motifs is 1. The van der Waals surface area contributed by atoms with E-state index in [4.69, 9.17) is 10.1 Å². The monoisotopic (exact) mass is 342 g/mol. The molecule has 0 saturated carbocycles. The highest BCUT2D eigenvalue weighted by molar-refractivity contribution is 7.18. The molecule has 6 nitrogen and oxygen atoms in total. The van der Waals surface area contributed by atoms with Crippen LogP contribution in [0.4, 0.5) is 5.82 Å². The molecule has 0 atom stereocenters. The Balaban J connectivity index is 2.15. The molecule has 0 radical (unpaired) electrons. The van der Waals surface area contributed by atoms with Crippen molar-refractivity contribution in [2.24, 2.45) is 0 Å². The second kappa shape index (κ2) is 6.52. The zero-order chi connectivity index (χ0) is 17.3. The lowest BCUT2D eigenvalue weighted by molar-refractivity contribution is -0.136. The van der Waals surface area contributed by atoms with Gasteiger partial charge in [-0.15, -0.1) is 11.3 Å². The van der Waals surface area contributed by atoms with Crippen LogP contribution in [0.3, 0.4) is 0 Å². The third kappa shape index (κ3) is 3.07. The molecule has 3 heterocycles. The number of nitrogens with zero attached hydrogens (tertiary/aromatic N) is 4. The Kier molecular flexibility index (Phi) is 4.44. The molecule has 0 spiro atoms. The Morgan fingerprint density at radius 3 is 2.79 bits per heavy atom. The molecule has 0 aliphatic carbocycles. The Morgan fingerprint density at radius 1 is 1.33 bits per heavy atom. The van der Waals surface area contributed by atoms with Gasteiger partial charge in [-0.25, -0.2) is 9.97 Å². The molecule has 3 rings (SSSR count). The summed E-state index contributed by atoms with van der Waals surface area (Å²) in [7, 11) is 1.87. The first-order valence-electron chi connectivity index (χ1n) is 7.58. The summed E-state index contributed by atoms with van der Waals surface area (Å²) in [6.07, 6.45) is 3.50. The maximum Gasteiger partial charge on any atom is 0.305 e. The van der Waals surface area contributed by atoms with Crippen LogP contribution in [-0.2, 0) is 4.79 Å². The molecule has 124 valence electrons. The van der Waals surface area contributed by atoms with Crippen molar-refractivity contribution in [2.75, 3.05) is 18.5 Å². The van der Waals surface area contributed by atoms with Gasteiger partial charge in [-0.3, -0.25) is 9.78 Å². The zero-order valence-corrected chi connectivity index (χ0v) is 14.6. The molecule has 3 aromatic rings. The largest absolute Gasteiger partial charge is 0.481 e. The van der Waals surface area contributed by atoms with Crippen molar-refractivity contribution in [1.29, 1.82) is 0 Å². The minimum absolute atomic E-state index is 0.0619. The lowest BCUT2D eigenvalue weighted by atomic mass is 10.2. The fourth-order valence-corrected chi connectivity index (χ4v) is 3.52. The summed E-state index contributed by atoms with van der Waals surface area (Å²) in [5.74, 6) is 0.550. The van der Waals surface area contributed by atoms with Crippen LogP contribution in [0.25, 0.3) is 21.6 Å². The van der Waals surface area contributed by atoms with Crippen molar-refractivity contribution in [3.05, 3.63) is 35.0 Å². The quantitative estimate of drug-likeness (QED) is 0.766. The molecule has 0 bridgehead atoms. The van der Waals surface area contributed by atoms with Crippen molar-refractivity contribution < 1.29 is 9.90 Å². The number of rotatable bonds is 5. The fraction of sp³-hybridized carbons (Fsp3) is 0.294. The standard InChI is InChI=1S/C17H18N4O2S/c1-10-11(2)24-17-14(10)16(21(3)8-6-13(22)23)19-15(20-17)12-5-4-7-18-9-12/h4-5,7,9H,6,8H2,1-3H3,(H,22,23). The molecular weight excluding hydrogens is 324 g/mol. The van der Waals surface area contributed by atoms with Crippen molar-refractivity contribution in [2.45, 2.75) is 20.3 Å². The summed E-state index contributed by atoms with van der Waals surface area (Å²) >= 11 is 1.63. The fourth-order valence-electron chi connectivity index (χ4n) is 2.50. The van der Waals surface area contributed by atoms with Gasteiger partial charge in [0.2, 0.25) is 0 Å². The van der Waals surface area contributed by atoms with Crippen LogP contribution < -0.4 is 4.90 Å². The lowest BCUT2D eigenvalue weighted by Crippen LogP contribution is -2.22. The number of hydrogen-bond acceptors (Lipinski definition) is 6. The second-order valence-electron chi connectivity index (χ2n) is 5.64. The van der Waals surface area contributed by atoms with E-state index in [1.165, 1.54) is 4.88 Å². The molecular formula is C17H18N4O2S. The van der Waals surface area contributed by atoms with Crippen LogP contribution in [0.15, 0.2) is 24.5 Å². The number of aromatic nitrogens is 3. The summed E-state index contributed by atoms with van der Waals surface area (Å²) < 4.78 is 0. The predicted octanol–water partition coefficient (Wildman–Crippen LogP) is 3.28. The van der Waals surface area contributed by atoms with Crippen molar-refractivity contribution >= 4 is 33.3 Å². The highest BCUT2D eigenvalue weighted by Crippen LogP contribution is 2.36. The van der Waals surface area contributed by atoms with Gasteiger partial charge in [0.25, 0.3) is 0 Å². The van der Waals surface area contributed by atoms with Crippen molar-refractivity contribution in [1.82, 2.24) is 15.0 Å². The van der Waals surface area contributed by atoms with E-state index >= 15 is 0 Å². The van der Waals surface area contributed by atoms with Gasteiger partial charge in [-0.05, 0) is 31.5 Å². The Labute approximate surface area is 143 Å². The summed E-state index contributed by atoms with van der Waals surface area (Å²) in [6.45, 7) is 4.50. The molecule has 0 aromatic carbocycles. The molecule has 24 heavy (non-hydrogen) atoms. The van der Waals surface area contributed by atoms with E-state index in [1.54, 1.807) is 23.7 Å². The van der Waals surface area contributed by atoms with E-state index in [-0.39, 0.29) is 6.42 Å². The van der Waals surface area contributed by atoms with Crippen molar-refractivity contribution in [3.8, 4) is 11.4 Å². The van der Waals surface area contributed by atoms with Crippen molar-refractivity contribution in [3.63, 3.8) is 0 Å². The first kappa shape index (κ1) is 16.3. The number of carboxylic acids is 1. The first-order chi connectivity index (χ1) is 11.5. The van der Waals surface area contributed by atoms with Gasteiger partial charge in [0.15, 0.2) is 5.82 Å². The Bertz CT molecular complexity index is 892. The molecule has 0 aliphatic heterocycles. The maximum absolute atomic E-state index is 10.9. The van der Waals surface area contributed by atoms with Gasteiger partial charge in [0, 0.05) is 36.4 Å². The second-order valence-corrected chi connectivity index (χ2v) is 6.84. The number of carbonyl (C=O) groups is 1. The SMILES string of the molecule is Cc1sc2nc(-c3cccnc3)nc(N(C)CCC(=O)O)c2c1C. The van der Waals surface area contributed by atoms with Crippen LogP contribution in [0.2, 0.25) is 0 Å². The van der Waals surface area contributed by atoms with Crippen LogP contribution >= 0.6 is 11.3 Å². The number of aryl methyl sites for hydroxylation is 2. The minimum atomic E-state index is -0.821. The topological polar surface area (TPSA) is 79.2 Å². The number of aliphatic carboxylic acids is 1. The van der Waals surface area contributed by atoms with Gasteiger partial charge in [0.1, 0.15) is 10.6 Å². The summed E-state index contributed by atoms with van der Waals surface area (Å²) in [6, 6.07) is 3.77. The lowest BCUT2D eigenvalue weighted by Gasteiger charge is -2.19. The molecule has 7 heteroatoms. The van der Waals surface area contributed by atoms with Crippen LogP contribution in [0.1, 0.15) is 16.9 Å². The van der Waals surface area contributed by atoms with Crippen LogP contribution in [0.5, 0.6) is 0 Å². The van der Waals surface area contributed by atoms with Gasteiger partial charge < -0.3 is 10.0 Å². The number of hydrogen-bond donors (Lipinski definition) is 1. The average molecular weight is 342 g/mol. The van der Waals surface area contributed by atoms with Gasteiger partial charge >= 0.3 is 5.97 Å². The smallest absolute Gasteiger partial charge is 0.305 e. The molecule has 0 amide bonds. The molecule has 0 saturated heterocycles. The number of thiophene rings is 1. The predicted molar refractivity (Wildman–Crippen MR) is 95.6 cm³/mol. The van der Waals surface area contributed by atoms with E-state index in [0.717, 1.165) is 27.2 Å². The number of pyridine rings is 1. The van der Waals surface area contributed by atoms with Crippen LogP contribution in [0, 0.1) is 13.8 Å². The minimum Gasteiger partial charge on any atom is -0.481 e. The first-order valence-corrected chi connectivity index (χ1v) is 8.40. The summed E-state index contributed by atoms with van der Waals surface area (Å²) in [5.41, 5.74) is 1.99. The number of anilines is 1. The molecule has 1 N–H and O–H groups in total. The van der Waals surface area contributed by atoms with E-state index in [0.29, 0.717) is 12.4 Å². The van der Waals surface area contributed by atoms with Gasteiger partial charge in [-0.2, -0.15) is 0 Å². The zero-order valence-electron chi connectivity index (χ0n) is 13.8. The highest BCUT2D eigenvalue weighted by atomic mass is 32.1. The molecule has 3 aromatic heterocycles. The highest BCUT2D eigenvalue weighted by Gasteiger charge is 2.18. The normalized spacial score (nSPS) is 11.0. The molecule has 0 unspecified atom stereocenters. The summed E-state index contributed by atoms with van der Waals surface area (Å²) in [5, 5.41) is 9.95. The van der Waals surface area contributed by atoms with E-state index in [2.05, 4.69) is 23.8 Å². The third-order valence-electron chi connectivity index (χ3n) is 3.95. The van der Waals surface area contributed by atoms with Gasteiger partial charge in [0.05, 0.1) is 11.8 Å². The maximum atomic E-state index is 10.9. The Hall–Kier alpha value is -2.54. The molecule has 0 aliphatic rings. The summed E-state index contributed by atoms with van der Waals surface area (Å²) in [4.78, 5) is 28.4. The van der Waals surface area contributed by atoms with E-state index < -0.39 is 5.97 Å². The van der Waals surface area contributed by atoms with Crippen LogP contribution in [-0.4, -0.2) is 39.6 Å². The third-order valence-corrected chi connectivity index (χ3v) is 5.05. The van der Waals surface area contributed by atoms with Gasteiger partial charge in [-0.1, -0.05) is 0 Å².